The molecule has 0 N–H and O–H groups in total. The molecule has 7 nitrogen and oxygen atoms in total. The minimum atomic E-state index is -0.348. The summed E-state index contributed by atoms with van der Waals surface area (Å²) < 4.78 is 6.76. The lowest BCUT2D eigenvalue weighted by atomic mass is 10.2. The Hall–Kier alpha value is -2.70. The molecule has 2 aromatic heterocycles. The number of hydrogen-bond acceptors (Lipinski definition) is 5. The van der Waals surface area contributed by atoms with Crippen LogP contribution < -0.4 is 0 Å². The van der Waals surface area contributed by atoms with Crippen molar-refractivity contribution < 1.29 is 9.42 Å². The molecule has 0 saturated heterocycles. The van der Waals surface area contributed by atoms with Gasteiger partial charge in [0.15, 0.2) is 0 Å². The van der Waals surface area contributed by atoms with Gasteiger partial charge in [0, 0.05) is 13.5 Å². The van der Waals surface area contributed by atoms with Crippen LogP contribution in [0.15, 0.2) is 28.9 Å². The molecule has 0 radical (unpaired) electrons. The van der Waals surface area contributed by atoms with Gasteiger partial charge in [-0.25, -0.2) is 9.61 Å². The van der Waals surface area contributed by atoms with Crippen LogP contribution in [0, 0.1) is 6.92 Å². The molecular formula is C18H23N5O2. The van der Waals surface area contributed by atoms with Crippen LogP contribution in [0.3, 0.4) is 0 Å². The number of carbonyl (C=O) groups is 1. The maximum Gasteiger partial charge on any atom is 0.245 e. The number of hydrogen-bond donors (Lipinski definition) is 0. The fourth-order valence-electron chi connectivity index (χ4n) is 3.05. The number of amides is 1. The highest BCUT2D eigenvalue weighted by Gasteiger charge is 2.24. The first-order valence-corrected chi connectivity index (χ1v) is 8.51. The lowest BCUT2D eigenvalue weighted by molar-refractivity contribution is -0.133. The van der Waals surface area contributed by atoms with E-state index >= 15 is 0 Å². The minimum absolute atomic E-state index is 0.00269. The highest BCUT2D eigenvalue weighted by Crippen LogP contribution is 2.23. The van der Waals surface area contributed by atoms with E-state index in [0.29, 0.717) is 17.9 Å². The van der Waals surface area contributed by atoms with Crippen LogP contribution >= 0.6 is 0 Å². The van der Waals surface area contributed by atoms with E-state index in [2.05, 4.69) is 17.2 Å². The number of fused-ring (bicyclic) bond motifs is 1. The zero-order chi connectivity index (χ0) is 18.0. The molecule has 0 spiro atoms. The van der Waals surface area contributed by atoms with E-state index in [1.165, 1.54) is 0 Å². The van der Waals surface area contributed by atoms with Crippen molar-refractivity contribution in [3.05, 3.63) is 41.5 Å². The van der Waals surface area contributed by atoms with Gasteiger partial charge >= 0.3 is 0 Å². The summed E-state index contributed by atoms with van der Waals surface area (Å²) >= 11 is 0. The summed E-state index contributed by atoms with van der Waals surface area (Å²) in [5.74, 6) is 0.945. The molecule has 0 aliphatic rings. The molecule has 132 valence electrons. The maximum absolute atomic E-state index is 13.0. The Balaban J connectivity index is 1.90. The highest BCUT2D eigenvalue weighted by atomic mass is 16.6. The van der Waals surface area contributed by atoms with Crippen molar-refractivity contribution in [2.45, 2.75) is 46.2 Å². The third kappa shape index (κ3) is 3.26. The van der Waals surface area contributed by atoms with E-state index in [1.54, 1.807) is 11.9 Å². The summed E-state index contributed by atoms with van der Waals surface area (Å²) in [4.78, 5) is 19.3. The molecule has 1 aromatic carbocycles. The Morgan fingerprint density at radius 3 is 2.76 bits per heavy atom. The Labute approximate surface area is 146 Å². The number of rotatable bonds is 6. The average Bonchev–Trinajstić information content (AvgIpc) is 3.17. The molecule has 0 fully saturated rings. The second-order valence-electron chi connectivity index (χ2n) is 6.30. The van der Waals surface area contributed by atoms with Gasteiger partial charge in [-0.05, 0) is 32.4 Å². The van der Waals surface area contributed by atoms with Gasteiger partial charge in [-0.1, -0.05) is 29.4 Å². The van der Waals surface area contributed by atoms with Crippen molar-refractivity contribution in [1.82, 2.24) is 24.8 Å². The number of para-hydroxylation sites is 2. The monoisotopic (exact) mass is 341 g/mol. The molecule has 1 atom stereocenters. The Kier molecular flexibility index (Phi) is 4.83. The SMILES string of the molecule is CCCc1nc2ccccc2n1C(C)C(=O)N(C)Cc1nonc1C. The van der Waals surface area contributed by atoms with Crippen LogP contribution in [0.4, 0.5) is 0 Å². The number of aryl methyl sites for hydroxylation is 2. The summed E-state index contributed by atoms with van der Waals surface area (Å²) in [6.45, 7) is 6.22. The fraction of sp³-hybridized carbons (Fsp3) is 0.444. The molecule has 1 unspecified atom stereocenters. The summed E-state index contributed by atoms with van der Waals surface area (Å²) in [6, 6.07) is 7.59. The van der Waals surface area contributed by atoms with Crippen molar-refractivity contribution in [2.24, 2.45) is 0 Å². The van der Waals surface area contributed by atoms with Crippen LogP contribution in [-0.4, -0.2) is 37.7 Å². The number of aromatic nitrogens is 4. The average molecular weight is 341 g/mol. The molecule has 0 aliphatic carbocycles. The first-order valence-electron chi connectivity index (χ1n) is 8.51. The van der Waals surface area contributed by atoms with Crippen LogP contribution in [0.2, 0.25) is 0 Å². The second kappa shape index (κ2) is 7.04. The Bertz CT molecular complexity index is 883. The van der Waals surface area contributed by atoms with Gasteiger partial charge in [-0.3, -0.25) is 4.79 Å². The van der Waals surface area contributed by atoms with Gasteiger partial charge in [0.1, 0.15) is 23.3 Å². The van der Waals surface area contributed by atoms with Gasteiger partial charge in [-0.2, -0.15) is 0 Å². The largest absolute Gasteiger partial charge is 0.338 e. The van der Waals surface area contributed by atoms with E-state index in [-0.39, 0.29) is 11.9 Å². The topological polar surface area (TPSA) is 77.0 Å². The molecule has 0 aliphatic heterocycles. The molecular weight excluding hydrogens is 318 g/mol. The van der Waals surface area contributed by atoms with Crippen molar-refractivity contribution in [3.63, 3.8) is 0 Å². The van der Waals surface area contributed by atoms with Crippen LogP contribution in [0.1, 0.15) is 43.5 Å². The van der Waals surface area contributed by atoms with E-state index < -0.39 is 0 Å². The summed E-state index contributed by atoms with van der Waals surface area (Å²) in [5.41, 5.74) is 3.28. The van der Waals surface area contributed by atoms with Crippen molar-refractivity contribution in [3.8, 4) is 0 Å². The lowest BCUT2D eigenvalue weighted by Gasteiger charge is -2.23. The zero-order valence-corrected chi connectivity index (χ0v) is 15.1. The number of carbonyl (C=O) groups excluding carboxylic acids is 1. The third-order valence-corrected chi connectivity index (χ3v) is 4.40. The van der Waals surface area contributed by atoms with Gasteiger partial charge in [0.25, 0.3) is 0 Å². The molecule has 3 rings (SSSR count). The number of imidazole rings is 1. The Morgan fingerprint density at radius 2 is 2.08 bits per heavy atom. The van der Waals surface area contributed by atoms with Crippen molar-refractivity contribution in [2.75, 3.05) is 7.05 Å². The van der Waals surface area contributed by atoms with Gasteiger partial charge in [0.05, 0.1) is 17.6 Å². The normalized spacial score (nSPS) is 12.5. The van der Waals surface area contributed by atoms with Gasteiger partial charge in [0.2, 0.25) is 5.91 Å². The summed E-state index contributed by atoms with van der Waals surface area (Å²) in [6.07, 6.45) is 1.81. The number of nitrogens with zero attached hydrogens (tertiary/aromatic N) is 5. The van der Waals surface area contributed by atoms with Crippen LogP contribution in [0.5, 0.6) is 0 Å². The quantitative estimate of drug-likeness (QED) is 0.689. The summed E-state index contributed by atoms with van der Waals surface area (Å²) in [7, 11) is 1.77. The van der Waals surface area contributed by atoms with Gasteiger partial charge in [-0.15, -0.1) is 0 Å². The predicted molar refractivity (Wildman–Crippen MR) is 93.9 cm³/mol. The predicted octanol–water partition coefficient (Wildman–Crippen LogP) is 2.90. The fourth-order valence-corrected chi connectivity index (χ4v) is 3.05. The second-order valence-corrected chi connectivity index (χ2v) is 6.30. The first kappa shape index (κ1) is 17.1. The standard InChI is InChI=1S/C18H23N5O2/c1-5-8-17-19-14-9-6-7-10-16(14)23(17)13(3)18(24)22(4)11-15-12(2)20-25-21-15/h6-7,9-10,13H,5,8,11H2,1-4H3. The van der Waals surface area contributed by atoms with E-state index in [1.807, 2.05) is 42.7 Å². The van der Waals surface area contributed by atoms with E-state index in [9.17, 15) is 4.79 Å². The van der Waals surface area contributed by atoms with Gasteiger partial charge < -0.3 is 9.47 Å². The molecule has 0 saturated carbocycles. The van der Waals surface area contributed by atoms with Crippen LogP contribution in [0.25, 0.3) is 11.0 Å². The van der Waals surface area contributed by atoms with Crippen molar-refractivity contribution in [1.29, 1.82) is 0 Å². The highest BCUT2D eigenvalue weighted by molar-refractivity contribution is 5.84. The molecule has 3 aromatic rings. The molecule has 2 heterocycles. The molecule has 25 heavy (non-hydrogen) atoms. The summed E-state index contributed by atoms with van der Waals surface area (Å²) in [5, 5.41) is 7.62. The van der Waals surface area contributed by atoms with E-state index in [4.69, 9.17) is 9.61 Å². The maximum atomic E-state index is 13.0. The minimum Gasteiger partial charge on any atom is -0.338 e. The zero-order valence-electron chi connectivity index (χ0n) is 15.1. The molecule has 0 bridgehead atoms. The van der Waals surface area contributed by atoms with Crippen molar-refractivity contribution >= 4 is 16.9 Å². The lowest BCUT2D eigenvalue weighted by Crippen LogP contribution is -2.33. The van der Waals surface area contributed by atoms with Crippen LogP contribution in [-0.2, 0) is 17.8 Å². The smallest absolute Gasteiger partial charge is 0.245 e. The number of benzene rings is 1. The number of likely N-dealkylation sites (N-methyl/N-ethyl adjacent to an activating group) is 1. The first-order chi connectivity index (χ1) is 12.0. The Morgan fingerprint density at radius 1 is 1.32 bits per heavy atom. The molecule has 1 amide bonds. The van der Waals surface area contributed by atoms with E-state index in [0.717, 1.165) is 29.7 Å². The molecule has 7 heteroatoms. The third-order valence-electron chi connectivity index (χ3n) is 4.40.